The Labute approximate surface area is 141 Å². The number of hydrogen-bond acceptors (Lipinski definition) is 8. The van der Waals surface area contributed by atoms with Crippen molar-refractivity contribution in [3.05, 3.63) is 35.7 Å². The summed E-state index contributed by atoms with van der Waals surface area (Å²) in [4.78, 5) is 21.6. The topological polar surface area (TPSA) is 93.2 Å². The third-order valence-corrected chi connectivity index (χ3v) is 4.68. The van der Waals surface area contributed by atoms with Gasteiger partial charge in [0.15, 0.2) is 5.82 Å². The van der Waals surface area contributed by atoms with Crippen molar-refractivity contribution in [3.8, 4) is 10.8 Å². The van der Waals surface area contributed by atoms with Gasteiger partial charge in [0.2, 0.25) is 0 Å². The molecule has 3 aromatic rings. The van der Waals surface area contributed by atoms with Crippen molar-refractivity contribution in [1.82, 2.24) is 34.9 Å². The highest BCUT2D eigenvalue weighted by molar-refractivity contribution is 7.13. The van der Waals surface area contributed by atoms with Crippen LogP contribution < -0.4 is 0 Å². The minimum absolute atomic E-state index is 0.147. The average Bonchev–Trinajstić information content (AvgIpc) is 3.36. The highest BCUT2D eigenvalue weighted by Gasteiger charge is 2.23. The standard InChI is InChI=1S/C14H15N7O2S/c22-14(21-4-3-15-18-21)20-7-5-19(6-8-20)10-12-16-13(23-17-12)11-2-1-9-24-11/h1-4,9H,5-8,10H2. The number of rotatable bonds is 3. The van der Waals surface area contributed by atoms with Gasteiger partial charge >= 0.3 is 6.03 Å². The van der Waals surface area contributed by atoms with Crippen molar-refractivity contribution in [2.45, 2.75) is 6.54 Å². The summed E-state index contributed by atoms with van der Waals surface area (Å²) in [6.45, 7) is 3.38. The molecule has 3 aromatic heterocycles. The minimum Gasteiger partial charge on any atom is -0.333 e. The maximum Gasteiger partial charge on any atom is 0.346 e. The van der Waals surface area contributed by atoms with E-state index in [2.05, 4.69) is 25.4 Å². The van der Waals surface area contributed by atoms with Crippen LogP contribution in [-0.4, -0.2) is 67.1 Å². The van der Waals surface area contributed by atoms with E-state index in [9.17, 15) is 4.79 Å². The van der Waals surface area contributed by atoms with Crippen LogP contribution in [-0.2, 0) is 6.54 Å². The summed E-state index contributed by atoms with van der Waals surface area (Å²) in [6, 6.07) is 3.76. The van der Waals surface area contributed by atoms with Gasteiger partial charge in [0.1, 0.15) is 0 Å². The third-order valence-electron chi connectivity index (χ3n) is 3.83. The summed E-state index contributed by atoms with van der Waals surface area (Å²) < 4.78 is 6.55. The number of piperazine rings is 1. The molecule has 10 heteroatoms. The first-order valence-electron chi connectivity index (χ1n) is 7.54. The van der Waals surface area contributed by atoms with E-state index < -0.39 is 0 Å². The van der Waals surface area contributed by atoms with E-state index in [1.807, 2.05) is 17.5 Å². The molecule has 124 valence electrons. The van der Waals surface area contributed by atoms with Crippen LogP contribution in [0.1, 0.15) is 5.82 Å². The molecule has 1 aliphatic heterocycles. The fraction of sp³-hybridized carbons (Fsp3) is 0.357. The zero-order valence-corrected chi connectivity index (χ0v) is 13.6. The molecule has 1 amide bonds. The fourth-order valence-electron chi connectivity index (χ4n) is 2.57. The summed E-state index contributed by atoms with van der Waals surface area (Å²) in [5.74, 6) is 1.22. The molecule has 1 saturated heterocycles. The number of carbonyl (C=O) groups excluding carboxylic acids is 1. The maximum absolute atomic E-state index is 12.2. The lowest BCUT2D eigenvalue weighted by atomic mass is 10.3. The monoisotopic (exact) mass is 345 g/mol. The lowest BCUT2D eigenvalue weighted by Crippen LogP contribution is -2.49. The summed E-state index contributed by atoms with van der Waals surface area (Å²) in [6.07, 6.45) is 3.05. The molecule has 0 aromatic carbocycles. The predicted molar refractivity (Wildman–Crippen MR) is 85.3 cm³/mol. The van der Waals surface area contributed by atoms with Crippen LogP contribution in [0.15, 0.2) is 34.4 Å². The first-order chi connectivity index (χ1) is 11.8. The molecule has 4 heterocycles. The van der Waals surface area contributed by atoms with Gasteiger partial charge in [-0.25, -0.2) is 4.79 Å². The Bertz CT molecular complexity index is 791. The van der Waals surface area contributed by atoms with Crippen LogP contribution in [0.4, 0.5) is 4.79 Å². The molecule has 4 rings (SSSR count). The Morgan fingerprint density at radius 2 is 2.17 bits per heavy atom. The second-order valence-corrected chi connectivity index (χ2v) is 6.33. The predicted octanol–water partition coefficient (Wildman–Crippen LogP) is 1.18. The Hall–Kier alpha value is -2.59. The Morgan fingerprint density at radius 3 is 2.88 bits per heavy atom. The molecule has 24 heavy (non-hydrogen) atoms. The Kier molecular flexibility index (Phi) is 4.05. The zero-order valence-electron chi connectivity index (χ0n) is 12.8. The smallest absolute Gasteiger partial charge is 0.333 e. The SMILES string of the molecule is O=C(N1CCN(Cc2noc(-c3cccs3)n2)CC1)n1ccnn1. The van der Waals surface area contributed by atoms with Crippen LogP contribution in [0.5, 0.6) is 0 Å². The van der Waals surface area contributed by atoms with Crippen LogP contribution in [0.25, 0.3) is 10.8 Å². The van der Waals surface area contributed by atoms with Gasteiger partial charge in [0, 0.05) is 26.2 Å². The van der Waals surface area contributed by atoms with Crippen molar-refractivity contribution in [2.24, 2.45) is 0 Å². The number of aromatic nitrogens is 5. The van der Waals surface area contributed by atoms with Gasteiger partial charge in [-0.2, -0.15) is 9.67 Å². The zero-order chi connectivity index (χ0) is 16.4. The van der Waals surface area contributed by atoms with E-state index in [4.69, 9.17) is 4.52 Å². The molecule has 9 nitrogen and oxygen atoms in total. The Morgan fingerprint density at radius 1 is 1.29 bits per heavy atom. The molecule has 0 bridgehead atoms. The van der Waals surface area contributed by atoms with Crippen molar-refractivity contribution in [3.63, 3.8) is 0 Å². The summed E-state index contributed by atoms with van der Waals surface area (Å²) in [5, 5.41) is 13.4. The molecular formula is C14H15N7O2S. The second-order valence-electron chi connectivity index (χ2n) is 5.39. The van der Waals surface area contributed by atoms with Gasteiger partial charge in [-0.3, -0.25) is 4.90 Å². The van der Waals surface area contributed by atoms with Gasteiger partial charge in [0.05, 0.1) is 23.8 Å². The van der Waals surface area contributed by atoms with E-state index in [1.165, 1.54) is 10.9 Å². The van der Waals surface area contributed by atoms with E-state index in [0.717, 1.165) is 18.0 Å². The molecule has 0 N–H and O–H groups in total. The lowest BCUT2D eigenvalue weighted by Gasteiger charge is -2.33. The molecule has 0 saturated carbocycles. The summed E-state index contributed by atoms with van der Waals surface area (Å²) in [5.41, 5.74) is 0. The van der Waals surface area contributed by atoms with Crippen LogP contribution >= 0.6 is 11.3 Å². The Balaban J connectivity index is 1.33. The van der Waals surface area contributed by atoms with Crippen molar-refractivity contribution >= 4 is 17.4 Å². The van der Waals surface area contributed by atoms with Crippen molar-refractivity contribution < 1.29 is 9.32 Å². The molecule has 1 fully saturated rings. The van der Waals surface area contributed by atoms with Gasteiger partial charge < -0.3 is 9.42 Å². The number of carbonyl (C=O) groups is 1. The van der Waals surface area contributed by atoms with E-state index in [1.54, 1.807) is 22.4 Å². The highest BCUT2D eigenvalue weighted by atomic mass is 32.1. The fourth-order valence-corrected chi connectivity index (χ4v) is 3.22. The van der Waals surface area contributed by atoms with Crippen molar-refractivity contribution in [1.29, 1.82) is 0 Å². The largest absolute Gasteiger partial charge is 0.346 e. The lowest BCUT2D eigenvalue weighted by molar-refractivity contribution is 0.131. The van der Waals surface area contributed by atoms with E-state index in [0.29, 0.717) is 31.3 Å². The van der Waals surface area contributed by atoms with Gasteiger partial charge in [0.25, 0.3) is 5.89 Å². The third kappa shape index (κ3) is 3.05. The minimum atomic E-state index is -0.147. The first kappa shape index (κ1) is 15.0. The molecule has 0 atom stereocenters. The molecule has 0 aliphatic carbocycles. The maximum atomic E-state index is 12.2. The van der Waals surface area contributed by atoms with Gasteiger partial charge in [-0.1, -0.05) is 16.4 Å². The second kappa shape index (κ2) is 6.49. The molecule has 0 radical (unpaired) electrons. The average molecular weight is 345 g/mol. The van der Waals surface area contributed by atoms with Gasteiger partial charge in [-0.05, 0) is 11.4 Å². The number of hydrogen-bond donors (Lipinski definition) is 0. The molecule has 0 unspecified atom stereocenters. The van der Waals surface area contributed by atoms with E-state index in [-0.39, 0.29) is 6.03 Å². The normalized spacial score (nSPS) is 15.8. The number of thiophene rings is 1. The molecule has 1 aliphatic rings. The van der Waals surface area contributed by atoms with Crippen LogP contribution in [0.3, 0.4) is 0 Å². The van der Waals surface area contributed by atoms with E-state index >= 15 is 0 Å². The first-order valence-corrected chi connectivity index (χ1v) is 8.42. The van der Waals surface area contributed by atoms with Crippen LogP contribution in [0, 0.1) is 0 Å². The number of amides is 1. The molecular weight excluding hydrogens is 330 g/mol. The van der Waals surface area contributed by atoms with Gasteiger partial charge in [-0.15, -0.1) is 16.4 Å². The molecule has 0 spiro atoms. The summed E-state index contributed by atoms with van der Waals surface area (Å²) >= 11 is 1.57. The van der Waals surface area contributed by atoms with Crippen molar-refractivity contribution in [2.75, 3.05) is 26.2 Å². The number of nitrogens with zero attached hydrogens (tertiary/aromatic N) is 7. The highest BCUT2D eigenvalue weighted by Crippen LogP contribution is 2.22. The van der Waals surface area contributed by atoms with Crippen LogP contribution in [0.2, 0.25) is 0 Å². The summed E-state index contributed by atoms with van der Waals surface area (Å²) in [7, 11) is 0. The quantitative estimate of drug-likeness (QED) is 0.703.